The van der Waals surface area contributed by atoms with Crippen molar-refractivity contribution in [3.63, 3.8) is 0 Å². The van der Waals surface area contributed by atoms with Crippen LogP contribution in [0.1, 0.15) is 36.9 Å². The van der Waals surface area contributed by atoms with Crippen molar-refractivity contribution >= 4 is 0 Å². The predicted octanol–water partition coefficient (Wildman–Crippen LogP) is 2.22. The van der Waals surface area contributed by atoms with Crippen LogP contribution in [-0.4, -0.2) is 24.2 Å². The fourth-order valence-corrected chi connectivity index (χ4v) is 2.60. The van der Waals surface area contributed by atoms with Crippen LogP contribution >= 0.6 is 0 Å². The van der Waals surface area contributed by atoms with Crippen molar-refractivity contribution < 1.29 is 4.74 Å². The summed E-state index contributed by atoms with van der Waals surface area (Å²) in [6, 6.07) is 2.28. The van der Waals surface area contributed by atoms with Gasteiger partial charge in [-0.2, -0.15) is 0 Å². The Morgan fingerprint density at radius 3 is 2.94 bits per heavy atom. The van der Waals surface area contributed by atoms with E-state index in [1.54, 1.807) is 0 Å². The molecule has 0 aromatic carbocycles. The van der Waals surface area contributed by atoms with Crippen molar-refractivity contribution in [3.8, 4) is 0 Å². The van der Waals surface area contributed by atoms with Gasteiger partial charge < -0.3 is 10.1 Å². The zero-order valence-electron chi connectivity index (χ0n) is 10.3. The molecule has 1 saturated heterocycles. The van der Waals surface area contributed by atoms with Crippen LogP contribution < -0.4 is 5.32 Å². The summed E-state index contributed by atoms with van der Waals surface area (Å²) in [5, 5.41) is 3.38. The number of hydrogen-bond acceptors (Lipinski definition) is 3. The van der Waals surface area contributed by atoms with Gasteiger partial charge in [-0.3, -0.25) is 4.98 Å². The Kier molecular flexibility index (Phi) is 3.26. The molecule has 0 aliphatic carbocycles. The first-order chi connectivity index (χ1) is 7.67. The summed E-state index contributed by atoms with van der Waals surface area (Å²) in [6.45, 7) is 5.18. The van der Waals surface area contributed by atoms with E-state index in [0.29, 0.717) is 0 Å². The van der Waals surface area contributed by atoms with Crippen LogP contribution in [0.3, 0.4) is 0 Å². The van der Waals surface area contributed by atoms with Crippen LogP contribution in [0.2, 0.25) is 0 Å². The molecule has 3 nitrogen and oxygen atoms in total. The van der Waals surface area contributed by atoms with Gasteiger partial charge in [-0.15, -0.1) is 0 Å². The van der Waals surface area contributed by atoms with Crippen molar-refractivity contribution in [2.24, 2.45) is 0 Å². The maximum absolute atomic E-state index is 5.91. The number of nitrogens with zero attached hydrogens (tertiary/aromatic N) is 1. The fourth-order valence-electron chi connectivity index (χ4n) is 2.60. The molecular weight excluding hydrogens is 200 g/mol. The van der Waals surface area contributed by atoms with Crippen molar-refractivity contribution in [1.82, 2.24) is 10.3 Å². The summed E-state index contributed by atoms with van der Waals surface area (Å²) in [4.78, 5) is 4.22. The van der Waals surface area contributed by atoms with E-state index in [9.17, 15) is 0 Å². The van der Waals surface area contributed by atoms with Crippen LogP contribution in [0.4, 0.5) is 0 Å². The lowest BCUT2D eigenvalue weighted by molar-refractivity contribution is -0.0107. The van der Waals surface area contributed by atoms with Crippen LogP contribution in [-0.2, 0) is 4.74 Å². The van der Waals surface area contributed by atoms with Gasteiger partial charge in [-0.05, 0) is 50.9 Å². The second-order valence-electron chi connectivity index (χ2n) is 4.72. The molecule has 1 aromatic rings. The Hall–Kier alpha value is -0.930. The van der Waals surface area contributed by atoms with E-state index in [1.807, 2.05) is 19.4 Å². The maximum Gasteiger partial charge on any atom is 0.0849 e. The van der Waals surface area contributed by atoms with Gasteiger partial charge in [0.25, 0.3) is 0 Å². The highest BCUT2D eigenvalue weighted by atomic mass is 16.5. The summed E-state index contributed by atoms with van der Waals surface area (Å²) in [5.74, 6) is 0. The standard InChI is InChI=1S/C13H20N2O/c1-10-5-7-15-9-11(10)12(14-3)13(2)6-4-8-16-13/h5,7,9,12,14H,4,6,8H2,1-3H3. The van der Waals surface area contributed by atoms with Crippen molar-refractivity contribution in [1.29, 1.82) is 0 Å². The summed E-state index contributed by atoms with van der Waals surface area (Å²) in [5.41, 5.74) is 2.42. The summed E-state index contributed by atoms with van der Waals surface area (Å²) in [6.07, 6.45) is 6.04. The molecule has 0 spiro atoms. The van der Waals surface area contributed by atoms with Gasteiger partial charge >= 0.3 is 0 Å². The van der Waals surface area contributed by atoms with Crippen LogP contribution in [0.15, 0.2) is 18.5 Å². The zero-order valence-corrected chi connectivity index (χ0v) is 10.3. The molecule has 0 bridgehead atoms. The van der Waals surface area contributed by atoms with E-state index in [4.69, 9.17) is 4.74 Å². The minimum atomic E-state index is -0.0947. The third-order valence-corrected chi connectivity index (χ3v) is 3.54. The highest BCUT2D eigenvalue weighted by molar-refractivity contribution is 5.27. The lowest BCUT2D eigenvalue weighted by Gasteiger charge is -2.34. The maximum atomic E-state index is 5.91. The molecule has 1 aliphatic heterocycles. The van der Waals surface area contributed by atoms with Crippen molar-refractivity contribution in [2.75, 3.05) is 13.7 Å². The molecule has 1 aromatic heterocycles. The zero-order chi connectivity index (χ0) is 11.6. The molecule has 0 radical (unpaired) electrons. The van der Waals surface area contributed by atoms with Crippen molar-refractivity contribution in [2.45, 2.75) is 38.3 Å². The average molecular weight is 220 g/mol. The minimum absolute atomic E-state index is 0.0947. The van der Waals surface area contributed by atoms with Gasteiger partial charge in [0.1, 0.15) is 0 Å². The normalized spacial score (nSPS) is 26.9. The van der Waals surface area contributed by atoms with E-state index in [0.717, 1.165) is 19.4 Å². The molecule has 1 fully saturated rings. The van der Waals surface area contributed by atoms with Crippen LogP contribution in [0.5, 0.6) is 0 Å². The number of likely N-dealkylation sites (N-methyl/N-ethyl adjacent to an activating group) is 1. The first kappa shape index (κ1) is 11.6. The van der Waals surface area contributed by atoms with Gasteiger partial charge in [0.05, 0.1) is 11.6 Å². The summed E-state index contributed by atoms with van der Waals surface area (Å²) >= 11 is 0. The average Bonchev–Trinajstić information content (AvgIpc) is 2.70. The second-order valence-corrected chi connectivity index (χ2v) is 4.72. The SMILES string of the molecule is CNC(c1cnccc1C)C1(C)CCCO1. The number of hydrogen-bond donors (Lipinski definition) is 1. The molecule has 0 amide bonds. The van der Waals surface area contributed by atoms with E-state index in [1.165, 1.54) is 11.1 Å². The van der Waals surface area contributed by atoms with Gasteiger partial charge in [-0.25, -0.2) is 0 Å². The Morgan fingerprint density at radius 2 is 2.38 bits per heavy atom. The summed E-state index contributed by atoms with van der Waals surface area (Å²) < 4.78 is 5.91. The predicted molar refractivity (Wildman–Crippen MR) is 64.4 cm³/mol. The summed E-state index contributed by atoms with van der Waals surface area (Å²) in [7, 11) is 1.99. The third-order valence-electron chi connectivity index (χ3n) is 3.54. The molecular formula is C13H20N2O. The van der Waals surface area contributed by atoms with Gasteiger partial charge in [0, 0.05) is 19.0 Å². The third kappa shape index (κ3) is 1.97. The van der Waals surface area contributed by atoms with Crippen LogP contribution in [0.25, 0.3) is 0 Å². The molecule has 88 valence electrons. The Balaban J connectivity index is 2.32. The lowest BCUT2D eigenvalue weighted by atomic mass is 9.87. The van der Waals surface area contributed by atoms with Gasteiger partial charge in [0.2, 0.25) is 0 Å². The van der Waals surface area contributed by atoms with Crippen molar-refractivity contribution in [3.05, 3.63) is 29.6 Å². The van der Waals surface area contributed by atoms with E-state index >= 15 is 0 Å². The molecule has 2 heterocycles. The molecule has 2 rings (SSSR count). The highest BCUT2D eigenvalue weighted by Gasteiger charge is 2.39. The van der Waals surface area contributed by atoms with E-state index < -0.39 is 0 Å². The first-order valence-corrected chi connectivity index (χ1v) is 5.89. The fraction of sp³-hybridized carbons (Fsp3) is 0.615. The number of ether oxygens (including phenoxy) is 1. The molecule has 3 heteroatoms. The second kappa shape index (κ2) is 4.52. The number of rotatable bonds is 3. The molecule has 0 saturated carbocycles. The Bertz CT molecular complexity index is 359. The molecule has 16 heavy (non-hydrogen) atoms. The number of aryl methyl sites for hydroxylation is 1. The van der Waals surface area contributed by atoms with Crippen LogP contribution in [0, 0.1) is 6.92 Å². The van der Waals surface area contributed by atoms with E-state index in [-0.39, 0.29) is 11.6 Å². The Labute approximate surface area is 97.2 Å². The molecule has 1 N–H and O–H groups in total. The van der Waals surface area contributed by atoms with E-state index in [2.05, 4.69) is 30.2 Å². The highest BCUT2D eigenvalue weighted by Crippen LogP contribution is 2.37. The molecule has 1 aliphatic rings. The monoisotopic (exact) mass is 220 g/mol. The molecule has 2 unspecified atom stereocenters. The molecule has 2 atom stereocenters. The minimum Gasteiger partial charge on any atom is -0.373 e. The number of aromatic nitrogens is 1. The topological polar surface area (TPSA) is 34.2 Å². The number of pyridine rings is 1. The lowest BCUT2D eigenvalue weighted by Crippen LogP contribution is -2.40. The smallest absolute Gasteiger partial charge is 0.0849 e. The number of nitrogens with one attached hydrogen (secondary N) is 1. The van der Waals surface area contributed by atoms with Gasteiger partial charge in [0.15, 0.2) is 0 Å². The Morgan fingerprint density at radius 1 is 1.56 bits per heavy atom. The first-order valence-electron chi connectivity index (χ1n) is 5.89. The largest absolute Gasteiger partial charge is 0.373 e. The quantitative estimate of drug-likeness (QED) is 0.848. The van der Waals surface area contributed by atoms with Gasteiger partial charge in [-0.1, -0.05) is 0 Å².